The van der Waals surface area contributed by atoms with Crippen molar-refractivity contribution < 1.29 is 9.59 Å². The van der Waals surface area contributed by atoms with Crippen LogP contribution in [0.25, 0.3) is 0 Å². The first-order chi connectivity index (χ1) is 9.20. The first kappa shape index (κ1) is 17.0. The van der Waals surface area contributed by atoms with E-state index in [-0.39, 0.29) is 17.4 Å². The molecule has 1 rings (SSSR count). The molecule has 0 aliphatic carbocycles. The molecule has 0 aromatic carbocycles. The Morgan fingerprint density at radius 2 is 2.00 bits per heavy atom. The SMILES string of the molecule is CCCC1(C(=O)NC(C)C(=O)NC(C)(C)C)CCCN1. The number of carbonyl (C=O) groups excluding carboxylic acids is 2. The summed E-state index contributed by atoms with van der Waals surface area (Å²) < 4.78 is 0. The van der Waals surface area contributed by atoms with Gasteiger partial charge in [-0.15, -0.1) is 0 Å². The molecule has 5 nitrogen and oxygen atoms in total. The Morgan fingerprint density at radius 1 is 1.35 bits per heavy atom. The van der Waals surface area contributed by atoms with Gasteiger partial charge in [0, 0.05) is 5.54 Å². The van der Waals surface area contributed by atoms with E-state index in [1.165, 1.54) is 0 Å². The highest BCUT2D eigenvalue weighted by Crippen LogP contribution is 2.25. The zero-order chi connectivity index (χ0) is 15.4. The van der Waals surface area contributed by atoms with Crippen LogP contribution in [-0.2, 0) is 9.59 Å². The van der Waals surface area contributed by atoms with Gasteiger partial charge < -0.3 is 16.0 Å². The van der Waals surface area contributed by atoms with Crippen molar-refractivity contribution in [1.29, 1.82) is 0 Å². The Bertz CT molecular complexity index is 355. The summed E-state index contributed by atoms with van der Waals surface area (Å²) in [5.41, 5.74) is -0.770. The van der Waals surface area contributed by atoms with Crippen LogP contribution in [0.5, 0.6) is 0 Å². The topological polar surface area (TPSA) is 70.2 Å². The van der Waals surface area contributed by atoms with Gasteiger partial charge in [-0.2, -0.15) is 0 Å². The minimum absolute atomic E-state index is 0.0478. The van der Waals surface area contributed by atoms with E-state index in [1.54, 1.807) is 6.92 Å². The summed E-state index contributed by atoms with van der Waals surface area (Å²) in [6.07, 6.45) is 3.62. The predicted octanol–water partition coefficient (Wildman–Crippen LogP) is 1.33. The van der Waals surface area contributed by atoms with Crippen molar-refractivity contribution >= 4 is 11.8 Å². The normalized spacial score (nSPS) is 24.2. The van der Waals surface area contributed by atoms with Gasteiger partial charge in [-0.1, -0.05) is 13.3 Å². The van der Waals surface area contributed by atoms with Crippen LogP contribution in [0, 0.1) is 0 Å². The van der Waals surface area contributed by atoms with Gasteiger partial charge in [-0.05, 0) is 53.5 Å². The molecular formula is C15H29N3O2. The van der Waals surface area contributed by atoms with E-state index in [0.717, 1.165) is 32.2 Å². The maximum absolute atomic E-state index is 12.5. The lowest BCUT2D eigenvalue weighted by molar-refractivity contribution is -0.133. The van der Waals surface area contributed by atoms with Gasteiger partial charge in [0.2, 0.25) is 11.8 Å². The van der Waals surface area contributed by atoms with E-state index in [1.807, 2.05) is 20.8 Å². The van der Waals surface area contributed by atoms with Crippen molar-refractivity contribution in [2.75, 3.05) is 6.54 Å². The van der Waals surface area contributed by atoms with Gasteiger partial charge in [-0.3, -0.25) is 9.59 Å². The van der Waals surface area contributed by atoms with Crippen LogP contribution in [0.2, 0.25) is 0 Å². The lowest BCUT2D eigenvalue weighted by Gasteiger charge is -2.30. The highest BCUT2D eigenvalue weighted by atomic mass is 16.2. The molecule has 0 bridgehead atoms. The molecule has 1 fully saturated rings. The van der Waals surface area contributed by atoms with Crippen molar-refractivity contribution in [2.24, 2.45) is 0 Å². The number of hydrogen-bond acceptors (Lipinski definition) is 3. The van der Waals surface area contributed by atoms with Gasteiger partial charge in [0.25, 0.3) is 0 Å². The molecular weight excluding hydrogens is 254 g/mol. The average molecular weight is 283 g/mol. The quantitative estimate of drug-likeness (QED) is 0.713. The molecule has 3 N–H and O–H groups in total. The minimum Gasteiger partial charge on any atom is -0.350 e. The number of hydrogen-bond donors (Lipinski definition) is 3. The molecule has 0 saturated carbocycles. The van der Waals surface area contributed by atoms with Crippen LogP contribution in [0.15, 0.2) is 0 Å². The Kier molecular flexibility index (Phi) is 5.57. The van der Waals surface area contributed by atoms with E-state index in [0.29, 0.717) is 0 Å². The highest BCUT2D eigenvalue weighted by Gasteiger charge is 2.40. The smallest absolute Gasteiger partial charge is 0.242 e. The molecule has 0 aromatic heterocycles. The van der Waals surface area contributed by atoms with Gasteiger partial charge in [0.1, 0.15) is 6.04 Å². The zero-order valence-electron chi connectivity index (χ0n) is 13.4. The fraction of sp³-hybridized carbons (Fsp3) is 0.867. The van der Waals surface area contributed by atoms with E-state index in [9.17, 15) is 9.59 Å². The molecule has 0 spiro atoms. The second-order valence-electron chi connectivity index (χ2n) is 6.80. The molecule has 5 heteroatoms. The Morgan fingerprint density at radius 3 is 2.45 bits per heavy atom. The molecule has 1 heterocycles. The maximum Gasteiger partial charge on any atom is 0.242 e. The third-order valence-electron chi connectivity index (χ3n) is 3.59. The summed E-state index contributed by atoms with van der Waals surface area (Å²) >= 11 is 0. The van der Waals surface area contributed by atoms with E-state index < -0.39 is 11.6 Å². The molecule has 1 aliphatic rings. The fourth-order valence-electron chi connectivity index (χ4n) is 2.63. The molecule has 20 heavy (non-hydrogen) atoms. The van der Waals surface area contributed by atoms with E-state index in [4.69, 9.17) is 0 Å². The molecule has 2 atom stereocenters. The van der Waals surface area contributed by atoms with Crippen LogP contribution in [0.1, 0.15) is 60.3 Å². The molecule has 1 saturated heterocycles. The molecule has 1 aliphatic heterocycles. The van der Waals surface area contributed by atoms with Crippen LogP contribution < -0.4 is 16.0 Å². The van der Waals surface area contributed by atoms with E-state index in [2.05, 4.69) is 22.9 Å². The summed E-state index contributed by atoms with van der Waals surface area (Å²) in [7, 11) is 0. The second kappa shape index (κ2) is 6.57. The highest BCUT2D eigenvalue weighted by molar-refractivity contribution is 5.92. The fourth-order valence-corrected chi connectivity index (χ4v) is 2.63. The Balaban J connectivity index is 2.62. The average Bonchev–Trinajstić information content (AvgIpc) is 2.77. The molecule has 116 valence electrons. The van der Waals surface area contributed by atoms with Gasteiger partial charge in [-0.25, -0.2) is 0 Å². The lowest BCUT2D eigenvalue weighted by atomic mass is 9.90. The van der Waals surface area contributed by atoms with Gasteiger partial charge in [0.05, 0.1) is 5.54 Å². The van der Waals surface area contributed by atoms with Crippen LogP contribution in [-0.4, -0.2) is 35.5 Å². The second-order valence-corrected chi connectivity index (χ2v) is 6.80. The largest absolute Gasteiger partial charge is 0.350 e. The summed E-state index contributed by atoms with van der Waals surface area (Å²) in [5, 5.41) is 9.06. The molecule has 0 aromatic rings. The number of carbonyl (C=O) groups is 2. The molecule has 0 radical (unpaired) electrons. The van der Waals surface area contributed by atoms with Crippen molar-refractivity contribution in [3.05, 3.63) is 0 Å². The number of rotatable bonds is 5. The minimum atomic E-state index is -0.516. The Hall–Kier alpha value is -1.10. The van der Waals surface area contributed by atoms with Crippen molar-refractivity contribution in [3.63, 3.8) is 0 Å². The van der Waals surface area contributed by atoms with Crippen LogP contribution >= 0.6 is 0 Å². The van der Waals surface area contributed by atoms with Gasteiger partial charge in [0.15, 0.2) is 0 Å². The summed E-state index contributed by atoms with van der Waals surface area (Å²) in [6.45, 7) is 10.5. The summed E-state index contributed by atoms with van der Waals surface area (Å²) in [4.78, 5) is 24.5. The third kappa shape index (κ3) is 4.47. The lowest BCUT2D eigenvalue weighted by Crippen LogP contribution is -2.58. The number of amides is 2. The summed E-state index contributed by atoms with van der Waals surface area (Å²) in [5.74, 6) is -0.191. The summed E-state index contributed by atoms with van der Waals surface area (Å²) in [6, 6.07) is -0.516. The van der Waals surface area contributed by atoms with Crippen LogP contribution in [0.4, 0.5) is 0 Å². The Labute approximate surface area is 122 Å². The van der Waals surface area contributed by atoms with Crippen molar-refractivity contribution in [3.8, 4) is 0 Å². The monoisotopic (exact) mass is 283 g/mol. The van der Waals surface area contributed by atoms with Gasteiger partial charge >= 0.3 is 0 Å². The standard InChI is InChI=1S/C15H29N3O2/c1-6-8-15(9-7-10-16-15)13(20)17-11(2)12(19)18-14(3,4)5/h11,16H,6-10H2,1-5H3,(H,17,20)(H,18,19). The predicted molar refractivity (Wildman–Crippen MR) is 80.4 cm³/mol. The maximum atomic E-state index is 12.5. The van der Waals surface area contributed by atoms with Crippen LogP contribution in [0.3, 0.4) is 0 Å². The number of nitrogens with one attached hydrogen (secondary N) is 3. The molecule has 2 unspecified atom stereocenters. The molecule has 2 amide bonds. The van der Waals surface area contributed by atoms with E-state index >= 15 is 0 Å². The van der Waals surface area contributed by atoms with Crippen molar-refractivity contribution in [1.82, 2.24) is 16.0 Å². The first-order valence-electron chi connectivity index (χ1n) is 7.58. The first-order valence-corrected chi connectivity index (χ1v) is 7.58. The third-order valence-corrected chi connectivity index (χ3v) is 3.59. The zero-order valence-corrected chi connectivity index (χ0v) is 13.4. The van der Waals surface area contributed by atoms with Crippen molar-refractivity contribution in [2.45, 2.75) is 77.4 Å².